The number of likely N-dealkylation sites (tertiary alicyclic amines) is 1. The summed E-state index contributed by atoms with van der Waals surface area (Å²) in [6.45, 7) is 3.23. The molecule has 3 heterocycles. The molecule has 1 N–H and O–H groups in total. The Hall–Kier alpha value is -3.48. The minimum absolute atomic E-state index is 0.200. The van der Waals surface area contributed by atoms with Gasteiger partial charge in [0.25, 0.3) is 5.91 Å². The van der Waals surface area contributed by atoms with Crippen LogP contribution in [0.3, 0.4) is 0 Å². The van der Waals surface area contributed by atoms with Crippen LogP contribution in [0.5, 0.6) is 0 Å². The highest BCUT2D eigenvalue weighted by Crippen LogP contribution is 2.28. The largest absolute Gasteiger partial charge is 0.354 e. The minimum atomic E-state index is -0.214. The van der Waals surface area contributed by atoms with E-state index in [9.17, 15) is 9.59 Å². The summed E-state index contributed by atoms with van der Waals surface area (Å²) in [4.78, 5) is 38.3. The van der Waals surface area contributed by atoms with E-state index in [-0.39, 0.29) is 11.8 Å². The maximum atomic E-state index is 13.0. The lowest BCUT2D eigenvalue weighted by Crippen LogP contribution is -2.24. The molecule has 7 heteroatoms. The highest BCUT2D eigenvalue weighted by molar-refractivity contribution is 6.05. The van der Waals surface area contributed by atoms with Crippen molar-refractivity contribution in [2.24, 2.45) is 0 Å². The summed E-state index contributed by atoms with van der Waals surface area (Å²) in [5.74, 6) is 1.21. The molecular formula is C24H25N5O2. The molecule has 1 aromatic heterocycles. The van der Waals surface area contributed by atoms with Gasteiger partial charge in [0.2, 0.25) is 5.91 Å². The third-order valence-electron chi connectivity index (χ3n) is 5.95. The summed E-state index contributed by atoms with van der Waals surface area (Å²) in [5.41, 5.74) is 3.16. The van der Waals surface area contributed by atoms with Gasteiger partial charge in [0.05, 0.1) is 11.0 Å². The summed E-state index contributed by atoms with van der Waals surface area (Å²) in [7, 11) is 0. The second kappa shape index (κ2) is 8.34. The molecule has 31 heavy (non-hydrogen) atoms. The van der Waals surface area contributed by atoms with E-state index >= 15 is 0 Å². The van der Waals surface area contributed by atoms with Gasteiger partial charge in [-0.15, -0.1) is 0 Å². The number of benzene rings is 2. The Morgan fingerprint density at radius 1 is 0.903 bits per heavy atom. The predicted octanol–water partition coefficient (Wildman–Crippen LogP) is 3.60. The zero-order valence-electron chi connectivity index (χ0n) is 17.4. The zero-order valence-corrected chi connectivity index (χ0v) is 17.4. The number of hydrogen-bond donors (Lipinski definition) is 1. The van der Waals surface area contributed by atoms with Crippen molar-refractivity contribution in [2.45, 2.75) is 32.2 Å². The zero-order chi connectivity index (χ0) is 21.2. The number of aromatic nitrogens is 2. The molecule has 0 unspecified atom stereocenters. The van der Waals surface area contributed by atoms with E-state index in [0.717, 1.165) is 61.3 Å². The van der Waals surface area contributed by atoms with Crippen molar-refractivity contribution < 1.29 is 9.59 Å². The van der Waals surface area contributed by atoms with Crippen molar-refractivity contribution in [2.75, 3.05) is 29.9 Å². The summed E-state index contributed by atoms with van der Waals surface area (Å²) < 4.78 is 0. The number of rotatable bonds is 5. The average molecular weight is 415 g/mol. The summed E-state index contributed by atoms with van der Waals surface area (Å²) in [6.07, 6.45) is 3.78. The van der Waals surface area contributed by atoms with Gasteiger partial charge < -0.3 is 15.1 Å². The van der Waals surface area contributed by atoms with Crippen molar-refractivity contribution in [1.29, 1.82) is 0 Å². The highest BCUT2D eigenvalue weighted by atomic mass is 16.2. The second-order valence-electron chi connectivity index (χ2n) is 8.15. The quantitative estimate of drug-likeness (QED) is 0.689. The number of nitrogens with zero attached hydrogens (tertiary/aromatic N) is 4. The molecule has 158 valence electrons. The maximum absolute atomic E-state index is 13.0. The lowest BCUT2D eigenvalue weighted by Gasteiger charge is -2.20. The molecule has 0 aliphatic carbocycles. The summed E-state index contributed by atoms with van der Waals surface area (Å²) in [5, 5.41) is 2.98. The van der Waals surface area contributed by atoms with Crippen LogP contribution in [0.2, 0.25) is 0 Å². The average Bonchev–Trinajstić information content (AvgIpc) is 3.46. The predicted molar refractivity (Wildman–Crippen MR) is 120 cm³/mol. The molecule has 0 atom stereocenters. The molecule has 0 radical (unpaired) electrons. The van der Waals surface area contributed by atoms with E-state index < -0.39 is 0 Å². The van der Waals surface area contributed by atoms with Crippen LogP contribution in [0.25, 0.3) is 11.0 Å². The van der Waals surface area contributed by atoms with Gasteiger partial charge in [-0.2, -0.15) is 0 Å². The Kier molecular flexibility index (Phi) is 5.24. The lowest BCUT2D eigenvalue weighted by molar-refractivity contribution is -0.128. The second-order valence-corrected chi connectivity index (χ2v) is 8.15. The van der Waals surface area contributed by atoms with Gasteiger partial charge in [-0.05, 0) is 49.1 Å². The Bertz CT molecular complexity index is 1120. The number of carbonyl (C=O) groups is 2. The Balaban J connectivity index is 1.37. The Labute approximate surface area is 181 Å². The van der Waals surface area contributed by atoms with Crippen LogP contribution in [0.15, 0.2) is 48.5 Å². The van der Waals surface area contributed by atoms with Gasteiger partial charge in [-0.25, -0.2) is 9.97 Å². The highest BCUT2D eigenvalue weighted by Gasteiger charge is 2.22. The van der Waals surface area contributed by atoms with Crippen molar-refractivity contribution in [3.8, 4) is 0 Å². The molecule has 2 aromatic carbocycles. The maximum Gasteiger partial charge on any atom is 0.256 e. The van der Waals surface area contributed by atoms with Crippen LogP contribution in [-0.2, 0) is 11.3 Å². The SMILES string of the molecule is O=C(Nc1nc2ccccc2nc1N1CCCC1)c1ccc(CN2CCCC2=O)cc1. The molecule has 5 rings (SSSR count). The van der Waals surface area contributed by atoms with E-state index in [1.54, 1.807) is 12.1 Å². The molecule has 3 aromatic rings. The Morgan fingerprint density at radius 3 is 2.29 bits per heavy atom. The van der Waals surface area contributed by atoms with E-state index in [4.69, 9.17) is 9.97 Å². The van der Waals surface area contributed by atoms with E-state index in [2.05, 4.69) is 10.2 Å². The first kappa shape index (κ1) is 19.5. The van der Waals surface area contributed by atoms with Gasteiger partial charge in [0.1, 0.15) is 0 Å². The third kappa shape index (κ3) is 4.08. The molecule has 7 nitrogen and oxygen atoms in total. The molecule has 2 aliphatic heterocycles. The fourth-order valence-corrected chi connectivity index (χ4v) is 4.26. The first-order chi connectivity index (χ1) is 15.2. The molecule has 2 saturated heterocycles. The summed E-state index contributed by atoms with van der Waals surface area (Å²) in [6, 6.07) is 15.1. The molecule has 0 spiro atoms. The lowest BCUT2D eigenvalue weighted by atomic mass is 10.1. The topological polar surface area (TPSA) is 78.4 Å². The molecule has 0 saturated carbocycles. The van der Waals surface area contributed by atoms with E-state index in [1.165, 1.54) is 0 Å². The number of amides is 2. The monoisotopic (exact) mass is 415 g/mol. The molecule has 2 aliphatic rings. The van der Waals surface area contributed by atoms with Gasteiger partial charge in [0, 0.05) is 38.2 Å². The van der Waals surface area contributed by atoms with Gasteiger partial charge in [-0.3, -0.25) is 9.59 Å². The normalized spacial score (nSPS) is 16.3. The number of fused-ring (bicyclic) bond motifs is 1. The van der Waals surface area contributed by atoms with Crippen LogP contribution >= 0.6 is 0 Å². The van der Waals surface area contributed by atoms with Crippen molar-refractivity contribution in [3.05, 3.63) is 59.7 Å². The summed E-state index contributed by atoms with van der Waals surface area (Å²) >= 11 is 0. The molecule has 2 amide bonds. The first-order valence-electron chi connectivity index (χ1n) is 10.9. The van der Waals surface area contributed by atoms with Crippen LogP contribution in [-0.4, -0.2) is 46.3 Å². The van der Waals surface area contributed by atoms with Crippen LogP contribution < -0.4 is 10.2 Å². The number of anilines is 2. The number of carbonyl (C=O) groups excluding carboxylic acids is 2. The van der Waals surface area contributed by atoms with Crippen LogP contribution in [0, 0.1) is 0 Å². The van der Waals surface area contributed by atoms with Crippen molar-refractivity contribution in [3.63, 3.8) is 0 Å². The van der Waals surface area contributed by atoms with Crippen molar-refractivity contribution in [1.82, 2.24) is 14.9 Å². The van der Waals surface area contributed by atoms with Crippen LogP contribution in [0.4, 0.5) is 11.6 Å². The number of nitrogens with one attached hydrogen (secondary N) is 1. The molecule has 2 fully saturated rings. The van der Waals surface area contributed by atoms with E-state index in [1.807, 2.05) is 41.3 Å². The third-order valence-corrected chi connectivity index (χ3v) is 5.95. The van der Waals surface area contributed by atoms with E-state index in [0.29, 0.717) is 24.3 Å². The Morgan fingerprint density at radius 2 is 1.61 bits per heavy atom. The van der Waals surface area contributed by atoms with Gasteiger partial charge in [-0.1, -0.05) is 24.3 Å². The minimum Gasteiger partial charge on any atom is -0.354 e. The van der Waals surface area contributed by atoms with Crippen LogP contribution in [0.1, 0.15) is 41.6 Å². The number of para-hydroxylation sites is 2. The fraction of sp³-hybridized carbons (Fsp3) is 0.333. The van der Waals surface area contributed by atoms with Crippen molar-refractivity contribution >= 4 is 34.5 Å². The number of hydrogen-bond acceptors (Lipinski definition) is 5. The fourth-order valence-electron chi connectivity index (χ4n) is 4.26. The van der Waals surface area contributed by atoms with Gasteiger partial charge >= 0.3 is 0 Å². The smallest absolute Gasteiger partial charge is 0.256 e. The molecule has 0 bridgehead atoms. The van der Waals surface area contributed by atoms with Gasteiger partial charge in [0.15, 0.2) is 11.6 Å². The molecular weight excluding hydrogens is 390 g/mol. The standard InChI is InChI=1S/C24H25N5O2/c30-21-8-5-15-29(21)16-17-9-11-18(12-10-17)24(31)27-22-23(28-13-3-4-14-28)26-20-7-2-1-6-19(20)25-22/h1-2,6-7,9-12H,3-5,8,13-16H2,(H,25,27,31). The first-order valence-corrected chi connectivity index (χ1v) is 10.9.